The molecular formula is C14H10S2. The van der Waals surface area contributed by atoms with Crippen LogP contribution in [-0.2, 0) is 0 Å². The fraction of sp³-hybridized carbons (Fsp3) is 0. The van der Waals surface area contributed by atoms with E-state index in [9.17, 15) is 0 Å². The molecule has 1 aromatic carbocycles. The van der Waals surface area contributed by atoms with Crippen LogP contribution in [0, 0.1) is 0 Å². The first-order valence-electron chi connectivity index (χ1n) is 5.06. The molecule has 0 saturated carbocycles. The Morgan fingerprint density at radius 1 is 1.00 bits per heavy atom. The minimum Gasteiger partial charge on any atom is -0.144 e. The summed E-state index contributed by atoms with van der Waals surface area (Å²) in [7, 11) is 0. The standard InChI is InChI=1S/C14H10S2/c1-10(12-7-4-8-15-12)14-9-11-5-2-3-6-13(11)16-14/h2-9H,1H2. The van der Waals surface area contributed by atoms with E-state index in [4.69, 9.17) is 0 Å². The molecule has 0 aliphatic carbocycles. The Morgan fingerprint density at radius 3 is 2.62 bits per heavy atom. The molecule has 78 valence electrons. The van der Waals surface area contributed by atoms with Crippen LogP contribution in [0.2, 0.25) is 0 Å². The van der Waals surface area contributed by atoms with Gasteiger partial charge in [0.15, 0.2) is 0 Å². The summed E-state index contributed by atoms with van der Waals surface area (Å²) >= 11 is 3.55. The van der Waals surface area contributed by atoms with Crippen LogP contribution in [0.3, 0.4) is 0 Å². The third-order valence-corrected chi connectivity index (χ3v) is 4.65. The molecule has 0 radical (unpaired) electrons. The van der Waals surface area contributed by atoms with E-state index < -0.39 is 0 Å². The van der Waals surface area contributed by atoms with E-state index >= 15 is 0 Å². The third kappa shape index (κ3) is 1.60. The molecule has 2 aromatic heterocycles. The predicted molar refractivity (Wildman–Crippen MR) is 74.3 cm³/mol. The van der Waals surface area contributed by atoms with Gasteiger partial charge in [0, 0.05) is 20.0 Å². The summed E-state index contributed by atoms with van der Waals surface area (Å²) in [5, 5.41) is 3.40. The van der Waals surface area contributed by atoms with Crippen LogP contribution < -0.4 is 0 Å². The van der Waals surface area contributed by atoms with Crippen molar-refractivity contribution in [3.05, 3.63) is 64.2 Å². The highest BCUT2D eigenvalue weighted by molar-refractivity contribution is 7.20. The first-order chi connectivity index (χ1) is 7.84. The second kappa shape index (κ2) is 3.89. The molecule has 0 aliphatic heterocycles. The molecule has 0 aliphatic rings. The Hall–Kier alpha value is -1.38. The van der Waals surface area contributed by atoms with Crippen LogP contribution in [0.25, 0.3) is 15.7 Å². The average molecular weight is 242 g/mol. The zero-order valence-electron chi connectivity index (χ0n) is 8.64. The maximum Gasteiger partial charge on any atom is 0.0363 e. The van der Waals surface area contributed by atoms with E-state index in [1.807, 2.05) is 11.3 Å². The SMILES string of the molecule is C=C(c1cccs1)c1cc2ccccc2s1. The van der Waals surface area contributed by atoms with Crippen molar-refractivity contribution in [2.24, 2.45) is 0 Å². The number of rotatable bonds is 2. The van der Waals surface area contributed by atoms with Crippen molar-refractivity contribution in [1.29, 1.82) is 0 Å². The summed E-state index contributed by atoms with van der Waals surface area (Å²) in [5.74, 6) is 0. The zero-order chi connectivity index (χ0) is 11.0. The zero-order valence-corrected chi connectivity index (χ0v) is 10.3. The van der Waals surface area contributed by atoms with Gasteiger partial charge in [-0.15, -0.1) is 22.7 Å². The van der Waals surface area contributed by atoms with Gasteiger partial charge in [0.05, 0.1) is 0 Å². The monoisotopic (exact) mass is 242 g/mol. The van der Waals surface area contributed by atoms with Gasteiger partial charge in [0.25, 0.3) is 0 Å². The van der Waals surface area contributed by atoms with Crippen molar-refractivity contribution >= 4 is 38.3 Å². The van der Waals surface area contributed by atoms with Gasteiger partial charge in [-0.3, -0.25) is 0 Å². The second-order valence-corrected chi connectivity index (χ2v) is 5.64. The molecule has 0 nitrogen and oxygen atoms in total. The number of benzene rings is 1. The lowest BCUT2D eigenvalue weighted by atomic mass is 10.2. The van der Waals surface area contributed by atoms with Crippen LogP contribution in [0.1, 0.15) is 9.75 Å². The van der Waals surface area contributed by atoms with E-state index in [0.717, 1.165) is 5.57 Å². The highest BCUT2D eigenvalue weighted by Crippen LogP contribution is 2.34. The quantitative estimate of drug-likeness (QED) is 0.591. The van der Waals surface area contributed by atoms with Gasteiger partial charge in [-0.05, 0) is 29.0 Å². The van der Waals surface area contributed by atoms with Gasteiger partial charge in [0.1, 0.15) is 0 Å². The van der Waals surface area contributed by atoms with Crippen LogP contribution >= 0.6 is 22.7 Å². The topological polar surface area (TPSA) is 0 Å². The molecule has 16 heavy (non-hydrogen) atoms. The van der Waals surface area contributed by atoms with Gasteiger partial charge in [-0.2, -0.15) is 0 Å². The second-order valence-electron chi connectivity index (χ2n) is 3.60. The Bertz CT molecular complexity index is 597. The van der Waals surface area contributed by atoms with E-state index in [0.29, 0.717) is 0 Å². The number of thiophene rings is 2. The van der Waals surface area contributed by atoms with Crippen LogP contribution in [0.15, 0.2) is 54.4 Å². The van der Waals surface area contributed by atoms with Gasteiger partial charge < -0.3 is 0 Å². The Morgan fingerprint density at radius 2 is 1.88 bits per heavy atom. The lowest BCUT2D eigenvalue weighted by molar-refractivity contribution is 1.81. The van der Waals surface area contributed by atoms with E-state index in [-0.39, 0.29) is 0 Å². The third-order valence-electron chi connectivity index (χ3n) is 2.54. The van der Waals surface area contributed by atoms with Gasteiger partial charge in [-0.1, -0.05) is 30.8 Å². The molecule has 3 aromatic rings. The molecule has 0 saturated heterocycles. The van der Waals surface area contributed by atoms with Crippen molar-refractivity contribution in [2.75, 3.05) is 0 Å². The van der Waals surface area contributed by atoms with Crippen molar-refractivity contribution in [3.8, 4) is 0 Å². The van der Waals surface area contributed by atoms with Gasteiger partial charge in [0.2, 0.25) is 0 Å². The highest BCUT2D eigenvalue weighted by Gasteiger charge is 2.07. The van der Waals surface area contributed by atoms with Crippen molar-refractivity contribution in [2.45, 2.75) is 0 Å². The van der Waals surface area contributed by atoms with Crippen molar-refractivity contribution in [1.82, 2.24) is 0 Å². The van der Waals surface area contributed by atoms with E-state index in [2.05, 4.69) is 54.4 Å². The largest absolute Gasteiger partial charge is 0.144 e. The lowest BCUT2D eigenvalue weighted by Gasteiger charge is -1.96. The molecule has 0 amide bonds. The first kappa shape index (κ1) is 9.82. The molecule has 2 heterocycles. The average Bonchev–Trinajstić information content (AvgIpc) is 2.97. The normalized spacial score (nSPS) is 10.8. The molecule has 0 bridgehead atoms. The molecule has 3 rings (SSSR count). The number of hydrogen-bond donors (Lipinski definition) is 0. The Kier molecular flexibility index (Phi) is 2.39. The number of fused-ring (bicyclic) bond motifs is 1. The van der Waals surface area contributed by atoms with Crippen LogP contribution in [0.5, 0.6) is 0 Å². The molecule has 2 heteroatoms. The van der Waals surface area contributed by atoms with Crippen LogP contribution in [-0.4, -0.2) is 0 Å². The molecule has 0 N–H and O–H groups in total. The fourth-order valence-corrected chi connectivity index (χ4v) is 3.53. The molecule has 0 spiro atoms. The molecule has 0 unspecified atom stereocenters. The lowest BCUT2D eigenvalue weighted by Crippen LogP contribution is -1.74. The summed E-state index contributed by atoms with van der Waals surface area (Å²) in [6.07, 6.45) is 0. The minimum atomic E-state index is 1.14. The fourth-order valence-electron chi connectivity index (χ4n) is 1.70. The summed E-state index contributed by atoms with van der Waals surface area (Å²) in [6.45, 7) is 4.18. The molecular weight excluding hydrogens is 232 g/mol. The predicted octanol–water partition coefficient (Wildman–Crippen LogP) is 5.02. The van der Waals surface area contributed by atoms with Gasteiger partial charge in [-0.25, -0.2) is 0 Å². The maximum atomic E-state index is 4.18. The molecule has 0 fully saturated rings. The summed E-state index contributed by atoms with van der Waals surface area (Å²) in [4.78, 5) is 2.52. The number of hydrogen-bond acceptors (Lipinski definition) is 2. The Balaban J connectivity index is 2.10. The highest BCUT2D eigenvalue weighted by atomic mass is 32.1. The Labute approximate surface area is 102 Å². The van der Waals surface area contributed by atoms with Gasteiger partial charge >= 0.3 is 0 Å². The molecule has 0 atom stereocenters. The summed E-state index contributed by atoms with van der Waals surface area (Å²) in [5.41, 5.74) is 1.14. The first-order valence-corrected chi connectivity index (χ1v) is 6.76. The van der Waals surface area contributed by atoms with E-state index in [1.54, 1.807) is 11.3 Å². The minimum absolute atomic E-state index is 1.14. The maximum absolute atomic E-state index is 4.18. The van der Waals surface area contributed by atoms with Crippen LogP contribution in [0.4, 0.5) is 0 Å². The smallest absolute Gasteiger partial charge is 0.0363 e. The van der Waals surface area contributed by atoms with Crippen molar-refractivity contribution in [3.63, 3.8) is 0 Å². The van der Waals surface area contributed by atoms with E-state index in [1.165, 1.54) is 19.8 Å². The summed E-state index contributed by atoms with van der Waals surface area (Å²) < 4.78 is 1.33. The van der Waals surface area contributed by atoms with Crippen molar-refractivity contribution < 1.29 is 0 Å². The summed E-state index contributed by atoms with van der Waals surface area (Å²) in [6, 6.07) is 14.9.